The summed E-state index contributed by atoms with van der Waals surface area (Å²) in [5.74, 6) is 0. The standard InChI is InChI=1S/C9H12N2S/c1-2-3-4-8-7-11-5-6-12-9(11)10-8/h5-7H,2-4H2,1H3. The largest absolute Gasteiger partial charge is 0.297 e. The number of aromatic nitrogens is 2. The van der Waals surface area contributed by atoms with Gasteiger partial charge in [0.15, 0.2) is 4.96 Å². The SMILES string of the molecule is CCCCc1cn2ccsc2n1. The van der Waals surface area contributed by atoms with Gasteiger partial charge in [0.05, 0.1) is 5.69 Å². The fourth-order valence-corrected chi connectivity index (χ4v) is 1.97. The third kappa shape index (κ3) is 1.37. The Hall–Kier alpha value is -0.830. The minimum atomic E-state index is 1.11. The van der Waals surface area contributed by atoms with Crippen LogP contribution >= 0.6 is 11.3 Å². The number of rotatable bonds is 3. The van der Waals surface area contributed by atoms with Crippen LogP contribution in [0.2, 0.25) is 0 Å². The van der Waals surface area contributed by atoms with Crippen molar-refractivity contribution in [3.63, 3.8) is 0 Å². The number of imidazole rings is 1. The van der Waals surface area contributed by atoms with Crippen molar-refractivity contribution in [2.75, 3.05) is 0 Å². The Bertz CT molecular complexity index is 333. The monoisotopic (exact) mass is 180 g/mol. The molecule has 2 nitrogen and oxygen atoms in total. The van der Waals surface area contributed by atoms with E-state index in [4.69, 9.17) is 0 Å². The van der Waals surface area contributed by atoms with Crippen LogP contribution in [0.1, 0.15) is 25.5 Å². The molecule has 2 heterocycles. The molecule has 0 aliphatic heterocycles. The third-order valence-electron chi connectivity index (χ3n) is 1.93. The summed E-state index contributed by atoms with van der Waals surface area (Å²) in [5, 5.41) is 2.06. The van der Waals surface area contributed by atoms with E-state index < -0.39 is 0 Å². The summed E-state index contributed by atoms with van der Waals surface area (Å²) in [6.45, 7) is 2.21. The highest BCUT2D eigenvalue weighted by Crippen LogP contribution is 2.12. The van der Waals surface area contributed by atoms with Gasteiger partial charge in [0, 0.05) is 17.8 Å². The summed E-state index contributed by atoms with van der Waals surface area (Å²) in [5.41, 5.74) is 1.23. The van der Waals surface area contributed by atoms with E-state index in [-0.39, 0.29) is 0 Å². The lowest BCUT2D eigenvalue weighted by atomic mass is 10.2. The van der Waals surface area contributed by atoms with Gasteiger partial charge in [-0.1, -0.05) is 13.3 Å². The zero-order chi connectivity index (χ0) is 8.39. The zero-order valence-corrected chi connectivity index (χ0v) is 7.97. The predicted octanol–water partition coefficient (Wildman–Crippen LogP) is 2.74. The van der Waals surface area contributed by atoms with Crippen LogP contribution in [0, 0.1) is 0 Å². The van der Waals surface area contributed by atoms with Gasteiger partial charge in [-0.3, -0.25) is 4.40 Å². The van der Waals surface area contributed by atoms with Gasteiger partial charge in [0.1, 0.15) is 0 Å². The van der Waals surface area contributed by atoms with Crippen LogP contribution in [0.3, 0.4) is 0 Å². The molecule has 12 heavy (non-hydrogen) atoms. The van der Waals surface area contributed by atoms with Crippen molar-refractivity contribution in [2.45, 2.75) is 26.2 Å². The molecular weight excluding hydrogens is 168 g/mol. The summed E-state index contributed by atoms with van der Waals surface area (Å²) >= 11 is 1.69. The lowest BCUT2D eigenvalue weighted by Crippen LogP contribution is -1.82. The summed E-state index contributed by atoms with van der Waals surface area (Å²) < 4.78 is 2.09. The lowest BCUT2D eigenvalue weighted by molar-refractivity contribution is 0.781. The smallest absolute Gasteiger partial charge is 0.193 e. The molecule has 0 amide bonds. The first-order valence-electron chi connectivity index (χ1n) is 4.31. The quantitative estimate of drug-likeness (QED) is 0.710. The molecule has 0 N–H and O–H groups in total. The van der Waals surface area contributed by atoms with Gasteiger partial charge < -0.3 is 0 Å². The number of nitrogens with zero attached hydrogens (tertiary/aromatic N) is 2. The van der Waals surface area contributed by atoms with Crippen LogP contribution < -0.4 is 0 Å². The maximum atomic E-state index is 4.49. The van der Waals surface area contributed by atoms with Crippen LogP contribution in [0.25, 0.3) is 4.96 Å². The molecule has 0 bridgehead atoms. The van der Waals surface area contributed by atoms with Crippen molar-refractivity contribution in [3.05, 3.63) is 23.5 Å². The van der Waals surface area contributed by atoms with E-state index in [1.54, 1.807) is 11.3 Å². The normalized spacial score (nSPS) is 11.1. The van der Waals surface area contributed by atoms with E-state index in [2.05, 4.69) is 34.1 Å². The second-order valence-corrected chi connectivity index (χ2v) is 3.80. The summed E-state index contributed by atoms with van der Waals surface area (Å²) in [6, 6.07) is 0. The maximum absolute atomic E-state index is 4.49. The molecule has 0 aliphatic rings. The van der Waals surface area contributed by atoms with E-state index in [0.717, 1.165) is 11.4 Å². The summed E-state index contributed by atoms with van der Waals surface area (Å²) in [4.78, 5) is 5.60. The molecule has 0 aromatic carbocycles. The molecule has 64 valence electrons. The number of aryl methyl sites for hydroxylation is 1. The first-order chi connectivity index (χ1) is 5.90. The Morgan fingerprint density at radius 3 is 3.25 bits per heavy atom. The van der Waals surface area contributed by atoms with Gasteiger partial charge in [-0.05, 0) is 12.8 Å². The van der Waals surface area contributed by atoms with Crippen LogP contribution in [0.4, 0.5) is 0 Å². The van der Waals surface area contributed by atoms with Crippen LogP contribution in [0.15, 0.2) is 17.8 Å². The molecule has 0 atom stereocenters. The molecule has 0 saturated carbocycles. The highest BCUT2D eigenvalue weighted by Gasteiger charge is 2.00. The fourth-order valence-electron chi connectivity index (χ4n) is 1.25. The van der Waals surface area contributed by atoms with E-state index in [1.807, 2.05) is 0 Å². The van der Waals surface area contributed by atoms with Crippen molar-refractivity contribution in [1.29, 1.82) is 0 Å². The molecule has 2 aromatic rings. The highest BCUT2D eigenvalue weighted by molar-refractivity contribution is 7.15. The third-order valence-corrected chi connectivity index (χ3v) is 2.70. The van der Waals surface area contributed by atoms with Crippen molar-refractivity contribution in [3.8, 4) is 0 Å². The Kier molecular flexibility index (Phi) is 2.13. The Morgan fingerprint density at radius 1 is 1.58 bits per heavy atom. The Labute approximate surface area is 75.9 Å². The van der Waals surface area contributed by atoms with E-state index in [9.17, 15) is 0 Å². The molecular formula is C9H12N2S. The van der Waals surface area contributed by atoms with Gasteiger partial charge in [0.2, 0.25) is 0 Å². The van der Waals surface area contributed by atoms with Gasteiger partial charge in [0.25, 0.3) is 0 Å². The first-order valence-corrected chi connectivity index (χ1v) is 5.19. The minimum absolute atomic E-state index is 1.11. The molecule has 0 radical (unpaired) electrons. The zero-order valence-electron chi connectivity index (χ0n) is 7.16. The Morgan fingerprint density at radius 2 is 2.50 bits per heavy atom. The summed E-state index contributed by atoms with van der Waals surface area (Å²) in [7, 11) is 0. The fraction of sp³-hybridized carbons (Fsp3) is 0.444. The Balaban J connectivity index is 2.21. The van der Waals surface area contributed by atoms with Gasteiger partial charge in [-0.15, -0.1) is 11.3 Å². The van der Waals surface area contributed by atoms with E-state index in [0.29, 0.717) is 0 Å². The van der Waals surface area contributed by atoms with Crippen LogP contribution in [0.5, 0.6) is 0 Å². The average molecular weight is 180 g/mol. The molecule has 0 aliphatic carbocycles. The molecule has 3 heteroatoms. The second kappa shape index (κ2) is 3.27. The van der Waals surface area contributed by atoms with Crippen molar-refractivity contribution >= 4 is 16.3 Å². The van der Waals surface area contributed by atoms with E-state index >= 15 is 0 Å². The maximum Gasteiger partial charge on any atom is 0.193 e. The molecule has 0 fully saturated rings. The molecule has 2 aromatic heterocycles. The summed E-state index contributed by atoms with van der Waals surface area (Å²) in [6.07, 6.45) is 7.78. The highest BCUT2D eigenvalue weighted by atomic mass is 32.1. The van der Waals surface area contributed by atoms with Crippen LogP contribution in [-0.2, 0) is 6.42 Å². The van der Waals surface area contributed by atoms with Crippen molar-refractivity contribution < 1.29 is 0 Å². The minimum Gasteiger partial charge on any atom is -0.297 e. The van der Waals surface area contributed by atoms with Gasteiger partial charge >= 0.3 is 0 Å². The van der Waals surface area contributed by atoms with Gasteiger partial charge in [-0.2, -0.15) is 0 Å². The topological polar surface area (TPSA) is 17.3 Å². The molecule has 0 saturated heterocycles. The van der Waals surface area contributed by atoms with Crippen molar-refractivity contribution in [1.82, 2.24) is 9.38 Å². The van der Waals surface area contributed by atoms with E-state index in [1.165, 1.54) is 18.5 Å². The number of unbranched alkanes of at least 4 members (excludes halogenated alkanes) is 1. The molecule has 0 unspecified atom stereocenters. The molecule has 0 spiro atoms. The average Bonchev–Trinajstić information content (AvgIpc) is 2.58. The lowest BCUT2D eigenvalue weighted by Gasteiger charge is -1.89. The number of hydrogen-bond acceptors (Lipinski definition) is 2. The number of fused-ring (bicyclic) bond motifs is 1. The first kappa shape index (κ1) is 7.80. The number of hydrogen-bond donors (Lipinski definition) is 0. The molecule has 2 rings (SSSR count). The number of thiazole rings is 1. The van der Waals surface area contributed by atoms with Crippen LogP contribution in [-0.4, -0.2) is 9.38 Å². The predicted molar refractivity (Wildman–Crippen MR) is 51.7 cm³/mol. The second-order valence-electron chi connectivity index (χ2n) is 2.93. The van der Waals surface area contributed by atoms with Gasteiger partial charge in [-0.25, -0.2) is 4.98 Å². The van der Waals surface area contributed by atoms with Crippen molar-refractivity contribution in [2.24, 2.45) is 0 Å².